The Hall–Kier alpha value is -2.87. The molecule has 1 aromatic carbocycles. The van der Waals surface area contributed by atoms with E-state index in [2.05, 4.69) is 15.2 Å². The second-order valence-electron chi connectivity index (χ2n) is 6.76. The number of carbonyl (C=O) groups excluding carboxylic acids is 1. The number of benzene rings is 1. The number of hydrogen-bond acceptors (Lipinski definition) is 6. The molecule has 5 rings (SSSR count). The van der Waals surface area contributed by atoms with Crippen molar-refractivity contribution in [2.45, 2.75) is 25.6 Å². The van der Waals surface area contributed by atoms with E-state index >= 15 is 0 Å². The van der Waals surface area contributed by atoms with Crippen LogP contribution in [0.3, 0.4) is 0 Å². The maximum atomic E-state index is 12.4. The molecule has 8 nitrogen and oxygen atoms in total. The van der Waals surface area contributed by atoms with Gasteiger partial charge in [-0.25, -0.2) is 9.98 Å². The van der Waals surface area contributed by atoms with E-state index in [1.807, 2.05) is 35.9 Å². The number of rotatable bonds is 1. The van der Waals surface area contributed by atoms with Crippen LogP contribution in [0.25, 0.3) is 5.69 Å². The van der Waals surface area contributed by atoms with Crippen molar-refractivity contribution in [2.24, 2.45) is 4.99 Å². The van der Waals surface area contributed by atoms with Crippen molar-refractivity contribution in [1.29, 1.82) is 0 Å². The number of aliphatic imine (C=N–C) groups is 1. The standard InChI is InChI=1S/C18H20N6O2/c1-22-16(21-18(26-22)23-8-4-5-9-23)15-14-10-19-17(25)12-6-2-3-7-13(12)24(14)11-20-15/h2-3,6-7,11,16H,4-5,8-10H2,1H3,(H,19,25). The number of para-hydroxylation sites is 1. The van der Waals surface area contributed by atoms with Gasteiger partial charge in [0, 0.05) is 20.1 Å². The van der Waals surface area contributed by atoms with Crippen molar-refractivity contribution in [3.63, 3.8) is 0 Å². The van der Waals surface area contributed by atoms with Crippen LogP contribution in [-0.4, -0.2) is 51.6 Å². The second kappa shape index (κ2) is 5.84. The van der Waals surface area contributed by atoms with Gasteiger partial charge >= 0.3 is 6.02 Å². The Bertz CT molecular complexity index is 899. The van der Waals surface area contributed by atoms with E-state index in [0.717, 1.165) is 30.2 Å². The molecule has 3 aliphatic rings. The summed E-state index contributed by atoms with van der Waals surface area (Å²) in [5, 5.41) is 4.70. The summed E-state index contributed by atoms with van der Waals surface area (Å²) in [5.74, 6) is -0.0764. The molecule has 1 amide bonds. The second-order valence-corrected chi connectivity index (χ2v) is 6.76. The average molecular weight is 352 g/mol. The van der Waals surface area contributed by atoms with Gasteiger partial charge in [0.25, 0.3) is 5.91 Å². The third-order valence-electron chi connectivity index (χ3n) is 5.15. The molecule has 0 spiro atoms. The number of fused-ring (bicyclic) bond motifs is 3. The number of likely N-dealkylation sites (tertiary alicyclic amines) is 1. The Morgan fingerprint density at radius 3 is 2.88 bits per heavy atom. The summed E-state index contributed by atoms with van der Waals surface area (Å²) in [7, 11) is 1.87. The Labute approximate surface area is 151 Å². The highest BCUT2D eigenvalue weighted by Crippen LogP contribution is 2.32. The number of nitrogens with one attached hydrogen (secondary N) is 1. The van der Waals surface area contributed by atoms with Gasteiger partial charge in [0.05, 0.1) is 29.8 Å². The Kier molecular flexibility index (Phi) is 3.46. The molecule has 1 unspecified atom stereocenters. The zero-order valence-electron chi connectivity index (χ0n) is 14.6. The fourth-order valence-corrected chi connectivity index (χ4v) is 3.79. The van der Waals surface area contributed by atoms with E-state index in [0.29, 0.717) is 18.1 Å². The van der Waals surface area contributed by atoms with E-state index in [1.54, 1.807) is 11.4 Å². The molecule has 1 aromatic heterocycles. The van der Waals surface area contributed by atoms with E-state index in [4.69, 9.17) is 9.83 Å². The van der Waals surface area contributed by atoms with E-state index < -0.39 is 0 Å². The van der Waals surface area contributed by atoms with Gasteiger partial charge in [0.1, 0.15) is 5.69 Å². The molecule has 0 aliphatic carbocycles. The third-order valence-corrected chi connectivity index (χ3v) is 5.15. The molecule has 1 N–H and O–H groups in total. The molecule has 3 aliphatic heterocycles. The summed E-state index contributed by atoms with van der Waals surface area (Å²) in [6.45, 7) is 2.36. The fourth-order valence-electron chi connectivity index (χ4n) is 3.79. The zero-order chi connectivity index (χ0) is 17.7. The first-order valence-electron chi connectivity index (χ1n) is 8.89. The number of hydroxylamine groups is 2. The van der Waals surface area contributed by atoms with Gasteiger partial charge in [-0.05, 0) is 25.0 Å². The Morgan fingerprint density at radius 2 is 2.04 bits per heavy atom. The average Bonchev–Trinajstić information content (AvgIpc) is 3.37. The monoisotopic (exact) mass is 352 g/mol. The van der Waals surface area contributed by atoms with Crippen molar-refractivity contribution >= 4 is 11.9 Å². The molecule has 0 radical (unpaired) electrons. The minimum atomic E-state index is -0.316. The molecule has 2 aromatic rings. The van der Waals surface area contributed by atoms with Crippen LogP contribution in [-0.2, 0) is 11.4 Å². The van der Waals surface area contributed by atoms with Gasteiger partial charge in [0.2, 0.25) is 0 Å². The summed E-state index contributed by atoms with van der Waals surface area (Å²) in [6.07, 6.45) is 3.78. The van der Waals surface area contributed by atoms with Gasteiger partial charge in [0.15, 0.2) is 6.17 Å². The van der Waals surface area contributed by atoms with Crippen molar-refractivity contribution in [3.8, 4) is 5.69 Å². The molecular formula is C18H20N6O2. The maximum Gasteiger partial charge on any atom is 0.309 e. The molecule has 0 bridgehead atoms. The summed E-state index contributed by atoms with van der Waals surface area (Å²) in [6, 6.07) is 8.22. The third kappa shape index (κ3) is 2.29. The predicted octanol–water partition coefficient (Wildman–Crippen LogP) is 1.44. The molecule has 1 atom stereocenters. The van der Waals surface area contributed by atoms with Crippen LogP contribution in [0.1, 0.15) is 40.8 Å². The number of carbonyl (C=O) groups is 1. The lowest BCUT2D eigenvalue weighted by molar-refractivity contribution is -0.0688. The summed E-state index contributed by atoms with van der Waals surface area (Å²) in [4.78, 5) is 29.8. The number of aromatic nitrogens is 2. The highest BCUT2D eigenvalue weighted by atomic mass is 16.7. The minimum Gasteiger partial charge on any atom is -0.366 e. The van der Waals surface area contributed by atoms with Gasteiger partial charge in [-0.2, -0.15) is 0 Å². The van der Waals surface area contributed by atoms with Crippen LogP contribution < -0.4 is 5.32 Å². The molecule has 4 heterocycles. The maximum absolute atomic E-state index is 12.4. The molecule has 134 valence electrons. The molecule has 1 fully saturated rings. The van der Waals surface area contributed by atoms with Crippen LogP contribution in [0.5, 0.6) is 0 Å². The van der Waals surface area contributed by atoms with Gasteiger partial charge in [-0.1, -0.05) is 12.1 Å². The van der Waals surface area contributed by atoms with Crippen molar-refractivity contribution in [3.05, 3.63) is 47.5 Å². The van der Waals surface area contributed by atoms with E-state index in [-0.39, 0.29) is 12.1 Å². The zero-order valence-corrected chi connectivity index (χ0v) is 14.6. The Balaban J connectivity index is 1.55. The lowest BCUT2D eigenvalue weighted by atomic mass is 10.1. The first-order chi connectivity index (χ1) is 12.7. The minimum absolute atomic E-state index is 0.0764. The highest BCUT2D eigenvalue weighted by Gasteiger charge is 2.35. The molecular weight excluding hydrogens is 332 g/mol. The Morgan fingerprint density at radius 1 is 1.23 bits per heavy atom. The van der Waals surface area contributed by atoms with E-state index in [1.165, 1.54) is 12.8 Å². The van der Waals surface area contributed by atoms with Gasteiger partial charge in [-0.3, -0.25) is 4.79 Å². The largest absolute Gasteiger partial charge is 0.366 e. The van der Waals surface area contributed by atoms with Crippen molar-refractivity contribution in [1.82, 2.24) is 24.8 Å². The van der Waals surface area contributed by atoms with Crippen LogP contribution >= 0.6 is 0 Å². The summed E-state index contributed by atoms with van der Waals surface area (Å²) >= 11 is 0. The first kappa shape index (κ1) is 15.4. The number of amidine groups is 1. The quantitative estimate of drug-likeness (QED) is 0.841. The van der Waals surface area contributed by atoms with Crippen LogP contribution in [0.2, 0.25) is 0 Å². The normalized spacial score (nSPS) is 22.3. The van der Waals surface area contributed by atoms with Crippen LogP contribution in [0.15, 0.2) is 35.6 Å². The smallest absolute Gasteiger partial charge is 0.309 e. The summed E-state index contributed by atoms with van der Waals surface area (Å²) in [5.41, 5.74) is 3.21. The van der Waals surface area contributed by atoms with Crippen molar-refractivity contribution < 1.29 is 9.63 Å². The first-order valence-corrected chi connectivity index (χ1v) is 8.89. The fraction of sp³-hybridized carbons (Fsp3) is 0.389. The number of hydrogen-bond donors (Lipinski definition) is 1. The van der Waals surface area contributed by atoms with Crippen molar-refractivity contribution in [2.75, 3.05) is 20.1 Å². The summed E-state index contributed by atoms with van der Waals surface area (Å²) < 4.78 is 1.97. The van der Waals surface area contributed by atoms with E-state index in [9.17, 15) is 4.79 Å². The SMILES string of the molecule is CN1OC(N2CCCC2)=NC1c1ncn2c1CNC(=O)c1ccccc1-2. The number of nitrogens with zero attached hydrogens (tertiary/aromatic N) is 5. The van der Waals surface area contributed by atoms with Crippen LogP contribution in [0, 0.1) is 0 Å². The molecule has 8 heteroatoms. The van der Waals surface area contributed by atoms with Gasteiger partial charge < -0.3 is 19.6 Å². The lowest BCUT2D eigenvalue weighted by Crippen LogP contribution is -2.30. The predicted molar refractivity (Wildman–Crippen MR) is 94.6 cm³/mol. The number of amides is 1. The van der Waals surface area contributed by atoms with Crippen LogP contribution in [0.4, 0.5) is 0 Å². The molecule has 0 saturated carbocycles. The van der Waals surface area contributed by atoms with Gasteiger partial charge in [-0.15, -0.1) is 5.06 Å². The lowest BCUT2D eigenvalue weighted by Gasteiger charge is -2.18. The number of imidazole rings is 1. The molecule has 1 saturated heterocycles. The topological polar surface area (TPSA) is 75.0 Å². The molecule has 26 heavy (non-hydrogen) atoms. The highest BCUT2D eigenvalue weighted by molar-refractivity contribution is 5.98.